The second-order valence-corrected chi connectivity index (χ2v) is 11.0. The molecule has 38 heavy (non-hydrogen) atoms. The highest BCUT2D eigenvalue weighted by Gasteiger charge is 2.47. The summed E-state index contributed by atoms with van der Waals surface area (Å²) in [5.74, 6) is -4.88. The van der Waals surface area contributed by atoms with Gasteiger partial charge in [0.25, 0.3) is 5.91 Å². The number of ether oxygens (including phenoxy) is 2. The van der Waals surface area contributed by atoms with Crippen molar-refractivity contribution >= 4 is 39.5 Å². The van der Waals surface area contributed by atoms with Crippen LogP contribution in [0.1, 0.15) is 44.5 Å². The van der Waals surface area contributed by atoms with E-state index in [1.54, 1.807) is 20.8 Å². The molecule has 1 aromatic rings. The molecule has 1 N–H and O–H groups in total. The first-order chi connectivity index (χ1) is 16.9. The maximum absolute atomic E-state index is 14.4. The molecule has 0 heterocycles. The smallest absolute Gasteiger partial charge is 0.487 e. The molecule has 18 heteroatoms. The number of alkyl halides is 6. The Morgan fingerprint density at radius 3 is 2.08 bits per heavy atom. The summed E-state index contributed by atoms with van der Waals surface area (Å²) in [4.78, 5) is 35.7. The fourth-order valence-corrected chi connectivity index (χ4v) is 3.41. The molecule has 1 aromatic carbocycles. The van der Waals surface area contributed by atoms with Crippen molar-refractivity contribution in [2.45, 2.75) is 51.9 Å². The summed E-state index contributed by atoms with van der Waals surface area (Å²) >= 11 is 5.77. The van der Waals surface area contributed by atoms with Gasteiger partial charge < -0.3 is 9.47 Å². The van der Waals surface area contributed by atoms with E-state index in [-0.39, 0.29) is 11.3 Å². The van der Waals surface area contributed by atoms with Gasteiger partial charge in [0.15, 0.2) is 11.6 Å². The highest BCUT2D eigenvalue weighted by molar-refractivity contribution is 7.90. The molecule has 0 spiro atoms. The zero-order valence-electron chi connectivity index (χ0n) is 20.1. The number of hydrogen-bond acceptors (Lipinski definition) is 7. The number of halogens is 8. The van der Waals surface area contributed by atoms with E-state index in [0.29, 0.717) is 23.8 Å². The Morgan fingerprint density at radius 2 is 1.63 bits per heavy atom. The average Bonchev–Trinajstić information content (AvgIpc) is 2.67. The maximum Gasteiger partial charge on any atom is 0.516 e. The van der Waals surface area contributed by atoms with E-state index >= 15 is 0 Å². The van der Waals surface area contributed by atoms with E-state index < -0.39 is 86.4 Å². The van der Waals surface area contributed by atoms with Crippen LogP contribution in [0.2, 0.25) is 5.02 Å². The van der Waals surface area contributed by atoms with Crippen LogP contribution in [-0.2, 0) is 19.6 Å². The van der Waals surface area contributed by atoms with Crippen molar-refractivity contribution in [3.63, 3.8) is 0 Å². The quantitative estimate of drug-likeness (QED) is 0.425. The van der Waals surface area contributed by atoms with Crippen molar-refractivity contribution in [1.82, 2.24) is 9.62 Å². The summed E-state index contributed by atoms with van der Waals surface area (Å²) in [5.41, 5.74) is -7.28. The van der Waals surface area contributed by atoms with Crippen molar-refractivity contribution in [2.75, 3.05) is 13.2 Å². The molecule has 0 aliphatic rings. The number of benzene rings is 1. The van der Waals surface area contributed by atoms with E-state index in [1.807, 2.05) is 0 Å². The highest BCUT2D eigenvalue weighted by atomic mass is 35.5. The van der Waals surface area contributed by atoms with Gasteiger partial charge in [0.05, 0.1) is 10.6 Å². The predicted molar refractivity (Wildman–Crippen MR) is 117 cm³/mol. The standard InChI is InChI=1S/C20H22ClF7N2O7S/c1-10(31)30(9-19(23,24)25)16(32)12-5-15(14(22)6-13(12)21)36-8-11(7-18(2,3)4)37-17(33)29-38(34,35)20(26,27)28/h5-6,11H,7-9H2,1-4H3,(H,29,33). The minimum absolute atomic E-state index is 0.156. The molecule has 0 saturated carbocycles. The van der Waals surface area contributed by atoms with Crippen molar-refractivity contribution in [3.8, 4) is 5.75 Å². The predicted octanol–water partition coefficient (Wildman–Crippen LogP) is 4.79. The Labute approximate surface area is 217 Å². The van der Waals surface area contributed by atoms with Crippen LogP contribution in [0.5, 0.6) is 5.75 Å². The lowest BCUT2D eigenvalue weighted by molar-refractivity contribution is -0.154. The zero-order chi connectivity index (χ0) is 29.9. The first kappa shape index (κ1) is 33.2. The van der Waals surface area contributed by atoms with Crippen LogP contribution in [0.3, 0.4) is 0 Å². The number of nitrogens with zero attached hydrogens (tertiary/aromatic N) is 1. The summed E-state index contributed by atoms with van der Waals surface area (Å²) < 4.78 is 123. The van der Waals surface area contributed by atoms with Gasteiger partial charge >= 0.3 is 27.8 Å². The van der Waals surface area contributed by atoms with Crippen molar-refractivity contribution in [2.24, 2.45) is 5.41 Å². The lowest BCUT2D eigenvalue weighted by atomic mass is 9.89. The Morgan fingerprint density at radius 1 is 1.08 bits per heavy atom. The fraction of sp³-hybridized carbons (Fsp3) is 0.550. The molecule has 0 bridgehead atoms. The van der Waals surface area contributed by atoms with E-state index in [0.717, 1.165) is 0 Å². The molecule has 1 unspecified atom stereocenters. The third-order valence-corrected chi connectivity index (χ3v) is 5.63. The molecule has 0 aliphatic carbocycles. The van der Waals surface area contributed by atoms with Crippen molar-refractivity contribution in [1.29, 1.82) is 0 Å². The first-order valence-corrected chi connectivity index (χ1v) is 12.1. The number of hydrogen-bond donors (Lipinski definition) is 1. The van der Waals surface area contributed by atoms with E-state index in [4.69, 9.17) is 21.1 Å². The van der Waals surface area contributed by atoms with Gasteiger partial charge in [-0.3, -0.25) is 14.5 Å². The number of carbonyl (C=O) groups excluding carboxylic acids is 3. The number of sulfonamides is 1. The molecular weight excluding hydrogens is 581 g/mol. The molecule has 0 saturated heterocycles. The van der Waals surface area contributed by atoms with Crippen LogP contribution in [0, 0.1) is 11.2 Å². The van der Waals surface area contributed by atoms with Crippen molar-refractivity contribution in [3.05, 3.63) is 28.5 Å². The summed E-state index contributed by atoms with van der Waals surface area (Å²) in [6.07, 6.45) is -8.62. The SMILES string of the molecule is CC(=O)N(CC(F)(F)F)C(=O)c1cc(OCC(CC(C)(C)C)OC(=O)NS(=O)(=O)C(F)(F)F)c(F)cc1Cl. The van der Waals surface area contributed by atoms with Crippen LogP contribution >= 0.6 is 11.6 Å². The zero-order valence-corrected chi connectivity index (χ0v) is 21.7. The van der Waals surface area contributed by atoms with Gasteiger partial charge in [-0.25, -0.2) is 13.9 Å². The maximum atomic E-state index is 14.4. The number of nitrogens with one attached hydrogen (secondary N) is 1. The molecule has 3 amide bonds. The van der Waals surface area contributed by atoms with E-state index in [1.165, 1.54) is 0 Å². The molecule has 0 fully saturated rings. The largest absolute Gasteiger partial charge is 0.516 e. The third-order valence-electron chi connectivity index (χ3n) is 4.28. The molecule has 9 nitrogen and oxygen atoms in total. The third kappa shape index (κ3) is 10.2. The molecule has 0 aromatic heterocycles. The lowest BCUT2D eigenvalue weighted by Crippen LogP contribution is -2.43. The van der Waals surface area contributed by atoms with Gasteiger partial charge in [-0.2, -0.15) is 34.8 Å². The minimum Gasteiger partial charge on any atom is -0.487 e. The Hall–Kier alpha value is -2.82. The van der Waals surface area contributed by atoms with E-state index in [2.05, 4.69) is 0 Å². The number of rotatable bonds is 8. The van der Waals surface area contributed by atoms with Crippen LogP contribution in [0.25, 0.3) is 0 Å². The minimum atomic E-state index is -6.10. The van der Waals surface area contributed by atoms with Gasteiger partial charge in [-0.1, -0.05) is 32.4 Å². The van der Waals surface area contributed by atoms with Gasteiger partial charge in [0.2, 0.25) is 5.91 Å². The van der Waals surface area contributed by atoms with Gasteiger partial charge in [-0.15, -0.1) is 0 Å². The Bertz CT molecular complexity index is 1170. The topological polar surface area (TPSA) is 119 Å². The van der Waals surface area contributed by atoms with Crippen LogP contribution in [-0.4, -0.2) is 62.2 Å². The number of imide groups is 1. The van der Waals surface area contributed by atoms with Gasteiger partial charge in [-0.05, 0) is 24.0 Å². The average molecular weight is 603 g/mol. The normalized spacial score (nSPS) is 13.5. The van der Waals surface area contributed by atoms with Gasteiger partial charge in [0.1, 0.15) is 19.3 Å². The monoisotopic (exact) mass is 602 g/mol. The molecule has 216 valence electrons. The molecule has 1 atom stereocenters. The fourth-order valence-electron chi connectivity index (χ4n) is 2.80. The highest BCUT2D eigenvalue weighted by Crippen LogP contribution is 2.30. The van der Waals surface area contributed by atoms with E-state index in [9.17, 15) is 53.5 Å². The van der Waals surface area contributed by atoms with Crippen molar-refractivity contribution < 1.29 is 63.0 Å². The Kier molecular flexibility index (Phi) is 10.4. The number of carbonyl (C=O) groups is 3. The Balaban J connectivity index is 3.22. The second kappa shape index (κ2) is 11.9. The first-order valence-electron chi connectivity index (χ1n) is 10.2. The summed E-state index contributed by atoms with van der Waals surface area (Å²) in [6.45, 7) is 2.71. The molecule has 0 radical (unpaired) electrons. The summed E-state index contributed by atoms with van der Waals surface area (Å²) in [5, 5.41) is -0.674. The molecule has 0 aliphatic heterocycles. The van der Waals surface area contributed by atoms with Crippen LogP contribution in [0.15, 0.2) is 12.1 Å². The molecule has 1 rings (SSSR count). The summed E-state index contributed by atoms with van der Waals surface area (Å²) in [6, 6.07) is 1.08. The lowest BCUT2D eigenvalue weighted by Gasteiger charge is -2.26. The molecular formula is C20H22ClF7N2O7S. The van der Waals surface area contributed by atoms with Gasteiger partial charge in [0, 0.05) is 6.92 Å². The second-order valence-electron chi connectivity index (χ2n) is 8.94. The van der Waals surface area contributed by atoms with Crippen LogP contribution in [0.4, 0.5) is 35.5 Å². The number of amides is 3. The summed E-state index contributed by atoms with van der Waals surface area (Å²) in [7, 11) is -6.10. The van der Waals surface area contributed by atoms with Crippen LogP contribution < -0.4 is 9.46 Å².